The van der Waals surface area contributed by atoms with E-state index < -0.39 is 0 Å². The Labute approximate surface area is 131 Å². The summed E-state index contributed by atoms with van der Waals surface area (Å²) < 4.78 is 11.1. The number of Topliss-reactive ketones (excluding diaryl/α,β-unsaturated/α-hetero) is 1. The van der Waals surface area contributed by atoms with E-state index in [-0.39, 0.29) is 30.4 Å². The molecule has 0 fully saturated rings. The predicted octanol–water partition coefficient (Wildman–Crippen LogP) is 3.34. The molecule has 0 aromatic heterocycles. The number of rotatable bonds is 6. The third-order valence-electron chi connectivity index (χ3n) is 4.01. The number of hydrogen-bond acceptors (Lipinski definition) is 4. The van der Waals surface area contributed by atoms with Gasteiger partial charge >= 0.3 is 5.97 Å². The van der Waals surface area contributed by atoms with Crippen molar-refractivity contribution in [1.29, 1.82) is 0 Å². The fraction of sp³-hybridized carbons (Fsp3) is 0.444. The van der Waals surface area contributed by atoms with Crippen LogP contribution in [0.5, 0.6) is 5.75 Å². The molecule has 0 amide bonds. The van der Waals surface area contributed by atoms with Gasteiger partial charge in [-0.1, -0.05) is 20.4 Å². The molecule has 1 aliphatic heterocycles. The van der Waals surface area contributed by atoms with E-state index in [4.69, 9.17) is 9.47 Å². The highest BCUT2D eigenvalue weighted by Gasteiger charge is 2.26. The van der Waals surface area contributed by atoms with Crippen molar-refractivity contribution >= 4 is 11.8 Å². The third kappa shape index (κ3) is 3.56. The maximum atomic E-state index is 11.7. The van der Waals surface area contributed by atoms with Gasteiger partial charge in [0.1, 0.15) is 18.5 Å². The van der Waals surface area contributed by atoms with Crippen LogP contribution in [0.15, 0.2) is 30.4 Å². The lowest BCUT2D eigenvalue weighted by atomic mass is 10.0. The first-order chi connectivity index (χ1) is 10.4. The van der Waals surface area contributed by atoms with E-state index in [2.05, 4.69) is 6.58 Å². The minimum Gasteiger partial charge on any atom is -0.485 e. The van der Waals surface area contributed by atoms with E-state index >= 15 is 0 Å². The molecule has 22 heavy (non-hydrogen) atoms. The van der Waals surface area contributed by atoms with Crippen molar-refractivity contribution in [3.63, 3.8) is 0 Å². The Morgan fingerprint density at radius 3 is 2.82 bits per heavy atom. The molecule has 1 heterocycles. The smallest absolute Gasteiger partial charge is 0.308 e. The quantitative estimate of drug-likeness (QED) is 0.459. The van der Waals surface area contributed by atoms with E-state index in [0.717, 1.165) is 23.3 Å². The molecule has 0 aliphatic carbocycles. The molecule has 118 valence electrons. The third-order valence-corrected chi connectivity index (χ3v) is 4.01. The van der Waals surface area contributed by atoms with Gasteiger partial charge in [-0.3, -0.25) is 9.59 Å². The molecule has 2 atom stereocenters. The molecule has 4 nitrogen and oxygen atoms in total. The van der Waals surface area contributed by atoms with Gasteiger partial charge in [0, 0.05) is 17.6 Å². The molecular weight excluding hydrogens is 280 g/mol. The lowest BCUT2D eigenvalue weighted by Crippen LogP contribution is -2.22. The summed E-state index contributed by atoms with van der Waals surface area (Å²) in [6.07, 6.45) is 1.20. The van der Waals surface area contributed by atoms with Crippen molar-refractivity contribution in [3.05, 3.63) is 41.5 Å². The second-order valence-corrected chi connectivity index (χ2v) is 5.76. The van der Waals surface area contributed by atoms with E-state index in [9.17, 15) is 9.59 Å². The van der Waals surface area contributed by atoms with E-state index in [1.807, 2.05) is 26.0 Å². The molecule has 1 aliphatic rings. The highest BCUT2D eigenvalue weighted by atomic mass is 16.5. The summed E-state index contributed by atoms with van der Waals surface area (Å²) in [4.78, 5) is 23.1. The first-order valence-corrected chi connectivity index (χ1v) is 7.57. The Bertz CT molecular complexity index is 603. The maximum absolute atomic E-state index is 11.7. The van der Waals surface area contributed by atoms with Crippen LogP contribution in [-0.2, 0) is 16.0 Å². The number of carbonyl (C=O) groups excluding carboxylic acids is 2. The predicted molar refractivity (Wildman–Crippen MR) is 84.1 cm³/mol. The molecule has 2 rings (SSSR count). The van der Waals surface area contributed by atoms with Crippen LogP contribution in [0.1, 0.15) is 43.1 Å². The summed E-state index contributed by atoms with van der Waals surface area (Å²) in [7, 11) is 0. The highest BCUT2D eigenvalue weighted by molar-refractivity contribution is 5.94. The van der Waals surface area contributed by atoms with Gasteiger partial charge in [0.2, 0.25) is 0 Å². The van der Waals surface area contributed by atoms with Crippen molar-refractivity contribution in [2.45, 2.75) is 39.7 Å². The molecule has 1 aromatic carbocycles. The monoisotopic (exact) mass is 302 g/mol. The van der Waals surface area contributed by atoms with Gasteiger partial charge in [-0.25, -0.2) is 0 Å². The zero-order valence-corrected chi connectivity index (χ0v) is 13.3. The van der Waals surface area contributed by atoms with Gasteiger partial charge in [-0.05, 0) is 37.1 Å². The van der Waals surface area contributed by atoms with Crippen LogP contribution < -0.4 is 4.74 Å². The number of esters is 1. The van der Waals surface area contributed by atoms with Crippen LogP contribution in [0, 0.1) is 5.92 Å². The lowest BCUT2D eigenvalue weighted by molar-refractivity contribution is -0.147. The van der Waals surface area contributed by atoms with Crippen molar-refractivity contribution in [2.75, 3.05) is 6.61 Å². The SMILES string of the molecule is C=C(COC(=O)C(C)CC)[C@H]1Cc2cc(C(C)=O)ccc2O1. The second-order valence-electron chi connectivity index (χ2n) is 5.76. The Kier molecular flexibility index (Phi) is 5.01. The number of fused-ring (bicyclic) bond motifs is 1. The molecule has 0 saturated carbocycles. The average Bonchev–Trinajstić information content (AvgIpc) is 2.94. The fourth-order valence-corrected chi connectivity index (χ4v) is 2.26. The Morgan fingerprint density at radius 2 is 2.18 bits per heavy atom. The van der Waals surface area contributed by atoms with Gasteiger partial charge in [-0.15, -0.1) is 0 Å². The largest absolute Gasteiger partial charge is 0.485 e. The van der Waals surface area contributed by atoms with Crippen molar-refractivity contribution < 1.29 is 19.1 Å². The highest BCUT2D eigenvalue weighted by Crippen LogP contribution is 2.32. The van der Waals surface area contributed by atoms with Crippen molar-refractivity contribution in [2.24, 2.45) is 5.92 Å². The molecular formula is C18H22O4. The first kappa shape index (κ1) is 16.3. The minimum atomic E-state index is -0.210. The van der Waals surface area contributed by atoms with Crippen LogP contribution in [0.4, 0.5) is 0 Å². The van der Waals surface area contributed by atoms with E-state index in [1.165, 1.54) is 0 Å². The van der Waals surface area contributed by atoms with Gasteiger partial charge in [0.25, 0.3) is 0 Å². The Balaban J connectivity index is 1.94. The summed E-state index contributed by atoms with van der Waals surface area (Å²) in [5, 5.41) is 0. The molecule has 4 heteroatoms. The molecule has 0 spiro atoms. The molecule has 0 N–H and O–H groups in total. The second kappa shape index (κ2) is 6.77. The Morgan fingerprint density at radius 1 is 1.45 bits per heavy atom. The van der Waals surface area contributed by atoms with Gasteiger partial charge < -0.3 is 9.47 Å². The van der Waals surface area contributed by atoms with Crippen LogP contribution >= 0.6 is 0 Å². The van der Waals surface area contributed by atoms with Gasteiger partial charge in [0.15, 0.2) is 5.78 Å². The fourth-order valence-electron chi connectivity index (χ4n) is 2.26. The molecule has 0 bridgehead atoms. The normalized spacial score (nSPS) is 17.3. The zero-order chi connectivity index (χ0) is 16.3. The topological polar surface area (TPSA) is 52.6 Å². The first-order valence-electron chi connectivity index (χ1n) is 7.57. The van der Waals surface area contributed by atoms with Crippen molar-refractivity contribution in [3.8, 4) is 5.75 Å². The van der Waals surface area contributed by atoms with Crippen LogP contribution in [0.25, 0.3) is 0 Å². The van der Waals surface area contributed by atoms with Crippen LogP contribution in [-0.4, -0.2) is 24.5 Å². The average molecular weight is 302 g/mol. The molecule has 0 radical (unpaired) electrons. The lowest BCUT2D eigenvalue weighted by Gasteiger charge is -2.15. The Hall–Kier alpha value is -2.10. The molecule has 0 saturated heterocycles. The number of benzene rings is 1. The number of hydrogen-bond donors (Lipinski definition) is 0. The molecule has 1 aromatic rings. The van der Waals surface area contributed by atoms with E-state index in [1.54, 1.807) is 13.0 Å². The maximum Gasteiger partial charge on any atom is 0.308 e. The van der Waals surface area contributed by atoms with Gasteiger partial charge in [-0.2, -0.15) is 0 Å². The summed E-state index contributed by atoms with van der Waals surface area (Å²) in [5.41, 5.74) is 2.40. The number of ketones is 1. The zero-order valence-electron chi connectivity index (χ0n) is 13.3. The van der Waals surface area contributed by atoms with Crippen LogP contribution in [0.2, 0.25) is 0 Å². The summed E-state index contributed by atoms with van der Waals surface area (Å²) in [5.74, 6) is 0.489. The van der Waals surface area contributed by atoms with Crippen LogP contribution in [0.3, 0.4) is 0 Å². The standard InChI is InChI=1S/C18H22O4/c1-5-11(2)18(20)21-10-12(3)17-9-15-8-14(13(4)19)6-7-16(15)22-17/h6-8,11,17H,3,5,9-10H2,1-2,4H3/t11?,17-/m1/s1. The van der Waals surface area contributed by atoms with E-state index in [0.29, 0.717) is 12.0 Å². The summed E-state index contributed by atoms with van der Waals surface area (Å²) in [6, 6.07) is 5.43. The van der Waals surface area contributed by atoms with Gasteiger partial charge in [0.05, 0.1) is 5.92 Å². The number of carbonyl (C=O) groups is 2. The minimum absolute atomic E-state index is 0.0348. The summed E-state index contributed by atoms with van der Waals surface area (Å²) in [6.45, 7) is 9.47. The number of ether oxygens (including phenoxy) is 2. The summed E-state index contributed by atoms with van der Waals surface area (Å²) >= 11 is 0. The molecule has 1 unspecified atom stereocenters. The van der Waals surface area contributed by atoms with Crippen molar-refractivity contribution in [1.82, 2.24) is 0 Å².